The summed E-state index contributed by atoms with van der Waals surface area (Å²) in [4.78, 5) is 48.1. The Labute approximate surface area is 228 Å². The van der Waals surface area contributed by atoms with E-state index >= 15 is 0 Å². The van der Waals surface area contributed by atoms with Crippen molar-refractivity contribution in [3.63, 3.8) is 0 Å². The second-order valence-corrected chi connectivity index (χ2v) is 11.1. The van der Waals surface area contributed by atoms with Crippen LogP contribution in [0.2, 0.25) is 0 Å². The lowest BCUT2D eigenvalue weighted by molar-refractivity contribution is -0.152. The quantitative estimate of drug-likeness (QED) is 0.480. The van der Waals surface area contributed by atoms with Crippen molar-refractivity contribution in [3.8, 4) is 5.69 Å². The molecule has 1 saturated carbocycles. The summed E-state index contributed by atoms with van der Waals surface area (Å²) in [5.74, 6) is 0.172. The Balaban J connectivity index is 1.12. The van der Waals surface area contributed by atoms with Crippen molar-refractivity contribution in [2.75, 3.05) is 57.7 Å². The first-order valence-electron chi connectivity index (χ1n) is 14.0. The van der Waals surface area contributed by atoms with Gasteiger partial charge in [0.25, 0.3) is 0 Å². The van der Waals surface area contributed by atoms with Gasteiger partial charge in [0.2, 0.25) is 5.91 Å². The number of nitrogens with two attached hydrogens (primary N) is 1. The molecule has 5 rings (SSSR count). The number of rotatable bonds is 7. The van der Waals surface area contributed by atoms with Crippen LogP contribution >= 0.6 is 0 Å². The van der Waals surface area contributed by atoms with Crippen LogP contribution in [0.15, 0.2) is 41.3 Å². The number of hydrogen-bond acceptors (Lipinski definition) is 7. The van der Waals surface area contributed by atoms with E-state index in [9.17, 15) is 19.5 Å². The molecule has 0 unspecified atom stereocenters. The van der Waals surface area contributed by atoms with Crippen molar-refractivity contribution in [1.82, 2.24) is 24.3 Å². The molecule has 4 N–H and O–H groups in total. The van der Waals surface area contributed by atoms with Crippen LogP contribution in [0, 0.1) is 5.41 Å². The minimum atomic E-state index is -0.625. The van der Waals surface area contributed by atoms with Crippen molar-refractivity contribution in [2.45, 2.75) is 44.6 Å². The summed E-state index contributed by atoms with van der Waals surface area (Å²) in [6, 6.07) is 9.39. The van der Waals surface area contributed by atoms with Crippen molar-refractivity contribution >= 4 is 17.8 Å². The number of aliphatic hydroxyl groups is 1. The van der Waals surface area contributed by atoms with E-state index in [1.165, 1.54) is 10.1 Å². The van der Waals surface area contributed by atoms with Crippen molar-refractivity contribution in [3.05, 3.63) is 52.6 Å². The van der Waals surface area contributed by atoms with Gasteiger partial charge in [-0.2, -0.15) is 4.98 Å². The monoisotopic (exact) mass is 537 g/mol. The van der Waals surface area contributed by atoms with Gasteiger partial charge in [0.1, 0.15) is 5.82 Å². The summed E-state index contributed by atoms with van der Waals surface area (Å²) >= 11 is 0. The third kappa shape index (κ3) is 6.15. The molecule has 39 heavy (non-hydrogen) atoms. The number of piperazine rings is 1. The number of aliphatic hydroxyl groups excluding tert-OH is 1. The van der Waals surface area contributed by atoms with Crippen LogP contribution in [0.5, 0.6) is 0 Å². The van der Waals surface area contributed by atoms with Gasteiger partial charge in [-0.15, -0.1) is 0 Å². The Bertz CT molecular complexity index is 1210. The summed E-state index contributed by atoms with van der Waals surface area (Å²) in [5.41, 5.74) is 6.89. The predicted octanol–water partition coefficient (Wildman–Crippen LogP) is 1.04. The summed E-state index contributed by atoms with van der Waals surface area (Å²) in [6.07, 6.45) is 7.19. The van der Waals surface area contributed by atoms with Crippen molar-refractivity contribution < 1.29 is 14.7 Å². The Hall–Kier alpha value is -3.28. The lowest BCUT2D eigenvalue weighted by Crippen LogP contribution is -2.57. The van der Waals surface area contributed by atoms with E-state index in [-0.39, 0.29) is 30.4 Å². The molecule has 1 atom stereocenters. The Morgan fingerprint density at radius 1 is 1.03 bits per heavy atom. The van der Waals surface area contributed by atoms with Gasteiger partial charge in [0, 0.05) is 51.5 Å². The fourth-order valence-electron chi connectivity index (χ4n) is 5.75. The van der Waals surface area contributed by atoms with E-state index in [4.69, 9.17) is 5.73 Å². The molecular weight excluding hydrogens is 498 g/mol. The van der Waals surface area contributed by atoms with Crippen LogP contribution in [0.3, 0.4) is 0 Å². The maximum absolute atomic E-state index is 12.8. The van der Waals surface area contributed by atoms with Gasteiger partial charge in [0.15, 0.2) is 0 Å². The second kappa shape index (κ2) is 11.8. The van der Waals surface area contributed by atoms with Gasteiger partial charge < -0.3 is 25.5 Å². The Morgan fingerprint density at radius 3 is 2.36 bits per heavy atom. The standard InChI is InChI=1S/C28H39N7O4/c29-22-3-1-12-32(19-22)13-8-21-4-6-23(7-5-21)35-14-9-24(31-27(35)39)30-26(38)34-17-15-33(16-18-34)25(37)28(20-36)10-2-11-28/h4-7,9,14,22,36H,1-3,8,10-13,15-20,29H2,(H,30,31,38,39)/t22-/m1/s1. The molecular formula is C28H39N7O4. The highest BCUT2D eigenvalue weighted by atomic mass is 16.3. The van der Waals surface area contributed by atoms with Crippen LogP contribution in [0.4, 0.5) is 10.6 Å². The Morgan fingerprint density at radius 2 is 1.74 bits per heavy atom. The molecule has 3 aliphatic rings. The van der Waals surface area contributed by atoms with Crippen LogP contribution in [0.25, 0.3) is 5.69 Å². The number of carbonyl (C=O) groups is 2. The number of nitrogens with zero attached hydrogens (tertiary/aromatic N) is 5. The Kier molecular flexibility index (Phi) is 8.29. The number of likely N-dealkylation sites (tertiary alicyclic amines) is 1. The molecule has 1 aromatic carbocycles. The molecule has 3 heterocycles. The number of benzene rings is 1. The van der Waals surface area contributed by atoms with E-state index in [0.29, 0.717) is 31.9 Å². The highest BCUT2D eigenvalue weighted by Gasteiger charge is 2.46. The molecule has 0 spiro atoms. The van der Waals surface area contributed by atoms with E-state index < -0.39 is 11.1 Å². The fraction of sp³-hybridized carbons (Fsp3) is 0.571. The van der Waals surface area contributed by atoms with Gasteiger partial charge in [-0.05, 0) is 62.4 Å². The maximum atomic E-state index is 12.8. The normalized spacial score (nSPS) is 21.3. The molecule has 11 nitrogen and oxygen atoms in total. The summed E-state index contributed by atoms with van der Waals surface area (Å²) in [6.45, 7) is 4.50. The molecule has 210 valence electrons. The van der Waals surface area contributed by atoms with Crippen LogP contribution < -0.4 is 16.7 Å². The van der Waals surface area contributed by atoms with Gasteiger partial charge >= 0.3 is 11.7 Å². The van der Waals surface area contributed by atoms with Crippen molar-refractivity contribution in [2.24, 2.45) is 11.1 Å². The first-order chi connectivity index (χ1) is 18.9. The van der Waals surface area contributed by atoms with Gasteiger partial charge in [-0.25, -0.2) is 9.59 Å². The number of urea groups is 1. The fourth-order valence-corrected chi connectivity index (χ4v) is 5.75. The highest BCUT2D eigenvalue weighted by molar-refractivity contribution is 5.89. The third-order valence-electron chi connectivity index (χ3n) is 8.43. The minimum absolute atomic E-state index is 0.0126. The van der Waals surface area contributed by atoms with E-state index in [1.807, 2.05) is 24.3 Å². The zero-order valence-electron chi connectivity index (χ0n) is 22.4. The predicted molar refractivity (Wildman–Crippen MR) is 148 cm³/mol. The maximum Gasteiger partial charge on any atom is 0.354 e. The first kappa shape index (κ1) is 27.3. The molecule has 1 aromatic heterocycles. The SMILES string of the molecule is N[C@@H]1CCCN(CCc2ccc(-n3ccc(NC(=O)N4CCN(C(=O)C5(CO)CCC5)CC4)nc3=O)cc2)C1. The summed E-state index contributed by atoms with van der Waals surface area (Å²) in [7, 11) is 0. The molecule has 2 aromatic rings. The summed E-state index contributed by atoms with van der Waals surface area (Å²) < 4.78 is 1.45. The van der Waals surface area contributed by atoms with Crippen LogP contribution in [0.1, 0.15) is 37.7 Å². The largest absolute Gasteiger partial charge is 0.395 e. The van der Waals surface area contributed by atoms with Gasteiger partial charge in [0.05, 0.1) is 17.7 Å². The number of carbonyl (C=O) groups excluding carboxylic acids is 2. The number of piperidine rings is 1. The van der Waals surface area contributed by atoms with E-state index in [0.717, 1.165) is 58.2 Å². The number of amides is 3. The molecule has 2 saturated heterocycles. The number of nitrogens with one attached hydrogen (secondary N) is 1. The average Bonchev–Trinajstić information content (AvgIpc) is 2.92. The zero-order valence-corrected chi connectivity index (χ0v) is 22.4. The second-order valence-electron chi connectivity index (χ2n) is 11.1. The number of anilines is 1. The molecule has 2 aliphatic heterocycles. The molecule has 3 fully saturated rings. The summed E-state index contributed by atoms with van der Waals surface area (Å²) in [5, 5.41) is 12.4. The van der Waals surface area contributed by atoms with Crippen molar-refractivity contribution in [1.29, 1.82) is 0 Å². The highest BCUT2D eigenvalue weighted by Crippen LogP contribution is 2.42. The van der Waals surface area contributed by atoms with E-state index in [2.05, 4.69) is 15.2 Å². The van der Waals surface area contributed by atoms with E-state index in [1.54, 1.807) is 22.1 Å². The first-order valence-corrected chi connectivity index (χ1v) is 14.0. The molecule has 1 aliphatic carbocycles. The van der Waals surface area contributed by atoms with Gasteiger partial charge in [-0.3, -0.25) is 14.7 Å². The third-order valence-corrected chi connectivity index (χ3v) is 8.43. The average molecular weight is 538 g/mol. The molecule has 0 bridgehead atoms. The number of aromatic nitrogens is 2. The molecule has 3 amide bonds. The van der Waals surface area contributed by atoms with Crippen LogP contribution in [-0.4, -0.2) is 99.8 Å². The van der Waals surface area contributed by atoms with Crippen LogP contribution in [-0.2, 0) is 11.2 Å². The zero-order chi connectivity index (χ0) is 27.4. The smallest absolute Gasteiger partial charge is 0.354 e. The lowest BCUT2D eigenvalue weighted by Gasteiger charge is -2.44. The minimum Gasteiger partial charge on any atom is -0.395 e. The number of hydrogen-bond donors (Lipinski definition) is 3. The molecule has 0 radical (unpaired) electrons. The lowest BCUT2D eigenvalue weighted by atomic mass is 9.68. The topological polar surface area (TPSA) is 137 Å². The molecule has 11 heteroatoms. The van der Waals surface area contributed by atoms with Gasteiger partial charge in [-0.1, -0.05) is 18.6 Å².